The topological polar surface area (TPSA) is 15.3 Å². The van der Waals surface area contributed by atoms with E-state index in [0.717, 1.165) is 19.5 Å². The zero-order chi connectivity index (χ0) is 14.6. The molecule has 2 atom stereocenters. The molecule has 0 bridgehead atoms. The van der Waals surface area contributed by atoms with E-state index in [2.05, 4.69) is 68.2 Å². The Morgan fingerprint density at radius 3 is 2.60 bits per heavy atom. The molecule has 1 aliphatic rings. The molecule has 2 nitrogen and oxygen atoms in total. The molecule has 20 heavy (non-hydrogen) atoms. The van der Waals surface area contributed by atoms with E-state index in [0.29, 0.717) is 17.6 Å². The van der Waals surface area contributed by atoms with Crippen LogP contribution in [0.15, 0.2) is 30.3 Å². The molecule has 112 valence electrons. The Hall–Kier alpha value is -0.860. The van der Waals surface area contributed by atoms with Crippen molar-refractivity contribution in [1.29, 1.82) is 0 Å². The van der Waals surface area contributed by atoms with Crippen molar-refractivity contribution in [3.8, 4) is 0 Å². The molecule has 1 aliphatic heterocycles. The van der Waals surface area contributed by atoms with Crippen molar-refractivity contribution < 1.29 is 0 Å². The van der Waals surface area contributed by atoms with Gasteiger partial charge in [-0.3, -0.25) is 4.90 Å². The maximum atomic E-state index is 3.72. The first-order valence-electron chi connectivity index (χ1n) is 8.07. The number of rotatable bonds is 5. The molecule has 1 N–H and O–H groups in total. The minimum absolute atomic E-state index is 0.311. The van der Waals surface area contributed by atoms with Gasteiger partial charge in [0.15, 0.2) is 0 Å². The van der Waals surface area contributed by atoms with Crippen molar-refractivity contribution in [2.45, 2.75) is 64.6 Å². The summed E-state index contributed by atoms with van der Waals surface area (Å²) in [6.45, 7) is 11.7. The van der Waals surface area contributed by atoms with Gasteiger partial charge in [0.1, 0.15) is 0 Å². The number of piperazine rings is 1. The Kier molecular flexibility index (Phi) is 5.22. The summed E-state index contributed by atoms with van der Waals surface area (Å²) >= 11 is 0. The molecule has 1 aromatic carbocycles. The molecule has 0 radical (unpaired) electrons. The molecule has 0 spiro atoms. The van der Waals surface area contributed by atoms with E-state index in [1.807, 2.05) is 0 Å². The fraction of sp³-hybridized carbons (Fsp3) is 0.667. The molecule has 0 aliphatic carbocycles. The summed E-state index contributed by atoms with van der Waals surface area (Å²) in [6.07, 6.45) is 3.66. The fourth-order valence-electron chi connectivity index (χ4n) is 3.56. The Morgan fingerprint density at radius 1 is 1.25 bits per heavy atom. The molecular weight excluding hydrogens is 244 g/mol. The van der Waals surface area contributed by atoms with Crippen LogP contribution >= 0.6 is 0 Å². The van der Waals surface area contributed by atoms with Gasteiger partial charge in [-0.25, -0.2) is 0 Å². The minimum atomic E-state index is 0.311. The van der Waals surface area contributed by atoms with Gasteiger partial charge in [-0.2, -0.15) is 0 Å². The second-order valence-corrected chi connectivity index (χ2v) is 6.86. The summed E-state index contributed by atoms with van der Waals surface area (Å²) < 4.78 is 0. The monoisotopic (exact) mass is 274 g/mol. The first kappa shape index (κ1) is 15.5. The van der Waals surface area contributed by atoms with Gasteiger partial charge in [-0.05, 0) is 39.2 Å². The minimum Gasteiger partial charge on any atom is -0.311 e. The van der Waals surface area contributed by atoms with Crippen LogP contribution in [0, 0.1) is 0 Å². The Morgan fingerprint density at radius 2 is 1.95 bits per heavy atom. The normalized spacial score (nSPS) is 24.8. The molecule has 0 amide bonds. The van der Waals surface area contributed by atoms with Crippen LogP contribution in [0.1, 0.15) is 46.1 Å². The molecule has 2 rings (SSSR count). The van der Waals surface area contributed by atoms with E-state index in [-0.39, 0.29) is 0 Å². The third-order valence-corrected chi connectivity index (χ3v) is 4.62. The SMILES string of the molecule is CCCC(C)(C)N1CC(Cc2ccccc2)NCC1C. The van der Waals surface area contributed by atoms with Crippen LogP contribution in [0.25, 0.3) is 0 Å². The third-order valence-electron chi connectivity index (χ3n) is 4.62. The number of nitrogens with zero attached hydrogens (tertiary/aromatic N) is 1. The van der Waals surface area contributed by atoms with Crippen LogP contribution in [-0.2, 0) is 6.42 Å². The first-order chi connectivity index (χ1) is 9.53. The van der Waals surface area contributed by atoms with E-state index in [4.69, 9.17) is 0 Å². The maximum Gasteiger partial charge on any atom is 0.0236 e. The van der Waals surface area contributed by atoms with Crippen molar-refractivity contribution in [2.24, 2.45) is 0 Å². The summed E-state index contributed by atoms with van der Waals surface area (Å²) in [6, 6.07) is 12.0. The molecule has 1 heterocycles. The van der Waals surface area contributed by atoms with Crippen LogP contribution in [0.4, 0.5) is 0 Å². The number of hydrogen-bond donors (Lipinski definition) is 1. The number of hydrogen-bond acceptors (Lipinski definition) is 2. The quantitative estimate of drug-likeness (QED) is 0.884. The molecule has 0 aromatic heterocycles. The zero-order valence-corrected chi connectivity index (χ0v) is 13.5. The number of benzene rings is 1. The van der Waals surface area contributed by atoms with E-state index in [1.54, 1.807) is 0 Å². The lowest BCUT2D eigenvalue weighted by Gasteiger charge is -2.48. The van der Waals surface area contributed by atoms with Gasteiger partial charge in [0.05, 0.1) is 0 Å². The van der Waals surface area contributed by atoms with Gasteiger partial charge in [0, 0.05) is 30.7 Å². The molecule has 1 saturated heterocycles. The average Bonchev–Trinajstić information content (AvgIpc) is 2.42. The van der Waals surface area contributed by atoms with Crippen LogP contribution in [0.5, 0.6) is 0 Å². The zero-order valence-electron chi connectivity index (χ0n) is 13.5. The van der Waals surface area contributed by atoms with E-state index in [1.165, 1.54) is 18.4 Å². The lowest BCUT2D eigenvalue weighted by Crippen LogP contribution is -2.62. The number of nitrogens with one attached hydrogen (secondary N) is 1. The second-order valence-electron chi connectivity index (χ2n) is 6.86. The van der Waals surface area contributed by atoms with E-state index < -0.39 is 0 Å². The van der Waals surface area contributed by atoms with Crippen molar-refractivity contribution in [1.82, 2.24) is 10.2 Å². The maximum absolute atomic E-state index is 3.72. The van der Waals surface area contributed by atoms with Gasteiger partial charge >= 0.3 is 0 Å². The van der Waals surface area contributed by atoms with Gasteiger partial charge in [-0.1, -0.05) is 43.7 Å². The predicted molar refractivity (Wildman–Crippen MR) is 87.1 cm³/mol. The summed E-state index contributed by atoms with van der Waals surface area (Å²) in [5.74, 6) is 0. The van der Waals surface area contributed by atoms with Gasteiger partial charge in [0.25, 0.3) is 0 Å². The Labute approximate surface area is 124 Å². The second kappa shape index (κ2) is 6.73. The predicted octanol–water partition coefficient (Wildman–Crippen LogP) is 3.47. The smallest absolute Gasteiger partial charge is 0.0236 e. The van der Waals surface area contributed by atoms with E-state index >= 15 is 0 Å². The van der Waals surface area contributed by atoms with Gasteiger partial charge in [-0.15, -0.1) is 0 Å². The first-order valence-corrected chi connectivity index (χ1v) is 8.07. The highest BCUT2D eigenvalue weighted by Crippen LogP contribution is 2.25. The van der Waals surface area contributed by atoms with Crippen LogP contribution in [0.3, 0.4) is 0 Å². The van der Waals surface area contributed by atoms with Gasteiger partial charge < -0.3 is 5.32 Å². The molecule has 1 aromatic rings. The summed E-state index contributed by atoms with van der Waals surface area (Å²) in [7, 11) is 0. The van der Waals surface area contributed by atoms with E-state index in [9.17, 15) is 0 Å². The van der Waals surface area contributed by atoms with Crippen molar-refractivity contribution in [3.63, 3.8) is 0 Å². The molecule has 1 fully saturated rings. The lowest BCUT2D eigenvalue weighted by molar-refractivity contribution is 0.0325. The summed E-state index contributed by atoms with van der Waals surface area (Å²) in [5.41, 5.74) is 1.75. The highest BCUT2D eigenvalue weighted by atomic mass is 15.3. The largest absolute Gasteiger partial charge is 0.311 e. The van der Waals surface area contributed by atoms with Crippen LogP contribution in [-0.4, -0.2) is 35.6 Å². The molecule has 0 saturated carbocycles. The van der Waals surface area contributed by atoms with Crippen molar-refractivity contribution >= 4 is 0 Å². The molecular formula is C18H30N2. The Balaban J connectivity index is 2.01. The Bertz CT molecular complexity index is 399. The van der Waals surface area contributed by atoms with Crippen molar-refractivity contribution in [2.75, 3.05) is 13.1 Å². The molecule has 2 unspecified atom stereocenters. The highest BCUT2D eigenvalue weighted by molar-refractivity contribution is 5.16. The highest BCUT2D eigenvalue weighted by Gasteiger charge is 2.34. The van der Waals surface area contributed by atoms with Crippen LogP contribution < -0.4 is 5.32 Å². The lowest BCUT2D eigenvalue weighted by atomic mass is 9.91. The summed E-state index contributed by atoms with van der Waals surface area (Å²) in [5, 5.41) is 3.72. The standard InChI is InChI=1S/C18H30N2/c1-5-11-18(3,4)20-14-17(19-13-15(20)2)12-16-9-7-6-8-10-16/h6-10,15,17,19H,5,11-14H2,1-4H3. The van der Waals surface area contributed by atoms with Crippen LogP contribution in [0.2, 0.25) is 0 Å². The third kappa shape index (κ3) is 3.83. The average molecular weight is 274 g/mol. The fourth-order valence-corrected chi connectivity index (χ4v) is 3.56. The molecule has 2 heteroatoms. The summed E-state index contributed by atoms with van der Waals surface area (Å²) in [4.78, 5) is 2.71. The van der Waals surface area contributed by atoms with Gasteiger partial charge in [0.2, 0.25) is 0 Å². The van der Waals surface area contributed by atoms with Crippen molar-refractivity contribution in [3.05, 3.63) is 35.9 Å².